The van der Waals surface area contributed by atoms with Gasteiger partial charge in [0.25, 0.3) is 5.56 Å². The first kappa shape index (κ1) is 14.4. The van der Waals surface area contributed by atoms with Crippen LogP contribution in [0, 0.1) is 11.8 Å². The molecule has 2 rings (SSSR count). The highest BCUT2D eigenvalue weighted by molar-refractivity contribution is 6.32. The summed E-state index contributed by atoms with van der Waals surface area (Å²) in [5, 5.41) is 7.71. The molecule has 1 heterocycles. The van der Waals surface area contributed by atoms with E-state index in [4.69, 9.17) is 11.6 Å². The van der Waals surface area contributed by atoms with Crippen molar-refractivity contribution in [1.82, 2.24) is 9.78 Å². The zero-order valence-corrected chi connectivity index (χ0v) is 12.4. The molecule has 0 aromatic carbocycles. The average Bonchev–Trinajstić information content (AvgIpc) is 2.87. The average molecular weight is 284 g/mol. The molecule has 106 valence electrons. The predicted molar refractivity (Wildman–Crippen MR) is 78.8 cm³/mol. The predicted octanol–water partition coefficient (Wildman–Crippen LogP) is 3.15. The Labute approximate surface area is 119 Å². The summed E-state index contributed by atoms with van der Waals surface area (Å²) in [6.07, 6.45) is 6.83. The maximum atomic E-state index is 12.0. The lowest BCUT2D eigenvalue weighted by Crippen LogP contribution is -2.26. The summed E-state index contributed by atoms with van der Waals surface area (Å²) >= 11 is 6.13. The van der Waals surface area contributed by atoms with E-state index in [1.165, 1.54) is 30.4 Å². The minimum absolute atomic E-state index is 0.202. The van der Waals surface area contributed by atoms with Crippen LogP contribution < -0.4 is 10.9 Å². The summed E-state index contributed by atoms with van der Waals surface area (Å²) in [5.41, 5.74) is 0.463. The molecule has 0 atom stereocenters. The first-order valence-electron chi connectivity index (χ1n) is 7.07. The lowest BCUT2D eigenvalue weighted by atomic mass is 10.1. The summed E-state index contributed by atoms with van der Waals surface area (Å²) in [6.45, 7) is 5.58. The van der Waals surface area contributed by atoms with Gasteiger partial charge in [-0.05, 0) is 24.7 Å². The van der Waals surface area contributed by atoms with Crippen LogP contribution in [0.4, 0.5) is 5.69 Å². The van der Waals surface area contributed by atoms with E-state index in [2.05, 4.69) is 10.4 Å². The highest BCUT2D eigenvalue weighted by Gasteiger charge is 2.16. The molecule has 1 saturated carbocycles. The molecule has 0 spiro atoms. The van der Waals surface area contributed by atoms with E-state index in [-0.39, 0.29) is 10.6 Å². The molecule has 0 unspecified atom stereocenters. The molecule has 1 N–H and O–H groups in total. The van der Waals surface area contributed by atoms with E-state index < -0.39 is 0 Å². The fourth-order valence-electron chi connectivity index (χ4n) is 2.53. The van der Waals surface area contributed by atoms with Gasteiger partial charge in [-0.3, -0.25) is 4.79 Å². The zero-order chi connectivity index (χ0) is 13.8. The van der Waals surface area contributed by atoms with Crippen LogP contribution in [-0.2, 0) is 6.54 Å². The molecule has 1 aliphatic rings. The van der Waals surface area contributed by atoms with Crippen LogP contribution in [-0.4, -0.2) is 16.3 Å². The van der Waals surface area contributed by atoms with E-state index in [1.54, 1.807) is 6.20 Å². The van der Waals surface area contributed by atoms with Gasteiger partial charge in [0.15, 0.2) is 0 Å². The molecular weight excluding hydrogens is 262 g/mol. The maximum absolute atomic E-state index is 12.0. The van der Waals surface area contributed by atoms with Gasteiger partial charge in [-0.1, -0.05) is 38.3 Å². The number of nitrogens with zero attached hydrogens (tertiary/aromatic N) is 2. The molecule has 1 aromatic heterocycles. The first-order valence-corrected chi connectivity index (χ1v) is 7.45. The van der Waals surface area contributed by atoms with Gasteiger partial charge in [0.1, 0.15) is 5.02 Å². The molecule has 0 amide bonds. The van der Waals surface area contributed by atoms with Gasteiger partial charge in [-0.25, -0.2) is 4.68 Å². The van der Waals surface area contributed by atoms with Gasteiger partial charge < -0.3 is 5.32 Å². The van der Waals surface area contributed by atoms with Crippen LogP contribution in [0.15, 0.2) is 11.0 Å². The van der Waals surface area contributed by atoms with Crippen molar-refractivity contribution in [3.05, 3.63) is 21.6 Å². The largest absolute Gasteiger partial charge is 0.382 e. The van der Waals surface area contributed by atoms with Crippen molar-refractivity contribution in [3.8, 4) is 0 Å². The Kier molecular flexibility index (Phi) is 4.86. The van der Waals surface area contributed by atoms with Crippen LogP contribution in [0.1, 0.15) is 39.5 Å². The van der Waals surface area contributed by atoms with E-state index in [0.29, 0.717) is 24.1 Å². The summed E-state index contributed by atoms with van der Waals surface area (Å²) in [4.78, 5) is 12.0. The molecule has 1 fully saturated rings. The van der Waals surface area contributed by atoms with Crippen LogP contribution in [0.3, 0.4) is 0 Å². The molecule has 1 aromatic rings. The molecule has 1 aliphatic carbocycles. The second-order valence-electron chi connectivity index (χ2n) is 5.78. The molecule has 5 heteroatoms. The zero-order valence-electron chi connectivity index (χ0n) is 11.7. The number of rotatable bonds is 5. The Bertz CT molecular complexity index is 478. The Morgan fingerprint density at radius 2 is 2.16 bits per heavy atom. The van der Waals surface area contributed by atoms with Crippen LogP contribution in [0.25, 0.3) is 0 Å². The smallest absolute Gasteiger partial charge is 0.287 e. The Hall–Kier alpha value is -1.03. The van der Waals surface area contributed by atoms with Gasteiger partial charge in [0, 0.05) is 13.1 Å². The minimum atomic E-state index is -0.202. The molecular formula is C14H22ClN3O. The highest BCUT2D eigenvalue weighted by atomic mass is 35.5. The maximum Gasteiger partial charge on any atom is 0.287 e. The fraction of sp³-hybridized carbons (Fsp3) is 0.714. The number of aromatic nitrogens is 2. The van der Waals surface area contributed by atoms with Crippen molar-refractivity contribution in [2.45, 2.75) is 46.1 Å². The van der Waals surface area contributed by atoms with Crippen LogP contribution in [0.2, 0.25) is 5.02 Å². The van der Waals surface area contributed by atoms with Gasteiger partial charge >= 0.3 is 0 Å². The van der Waals surface area contributed by atoms with E-state index in [0.717, 1.165) is 6.54 Å². The quantitative estimate of drug-likeness (QED) is 0.903. The Balaban J connectivity index is 2.05. The Morgan fingerprint density at radius 1 is 1.47 bits per heavy atom. The molecule has 19 heavy (non-hydrogen) atoms. The van der Waals surface area contributed by atoms with Gasteiger partial charge in [0.05, 0.1) is 11.9 Å². The normalized spacial score (nSPS) is 16.2. The van der Waals surface area contributed by atoms with Crippen molar-refractivity contribution in [2.75, 3.05) is 11.9 Å². The van der Waals surface area contributed by atoms with Gasteiger partial charge in [0.2, 0.25) is 0 Å². The molecule has 0 radical (unpaired) electrons. The number of hydrogen-bond donors (Lipinski definition) is 1. The molecule has 4 nitrogen and oxygen atoms in total. The first-order chi connectivity index (χ1) is 9.08. The number of anilines is 1. The van der Waals surface area contributed by atoms with E-state index in [9.17, 15) is 4.79 Å². The minimum Gasteiger partial charge on any atom is -0.382 e. The standard InChI is InChI=1S/C14H22ClN3O/c1-10(2)9-18-14(19)13(15)12(8-17-18)16-7-11-5-3-4-6-11/h8,10-11,16H,3-7,9H2,1-2H3. The van der Waals surface area contributed by atoms with Crippen molar-refractivity contribution in [2.24, 2.45) is 11.8 Å². The van der Waals surface area contributed by atoms with Gasteiger partial charge in [-0.15, -0.1) is 0 Å². The third-order valence-electron chi connectivity index (χ3n) is 3.58. The molecule has 0 aliphatic heterocycles. The lowest BCUT2D eigenvalue weighted by molar-refractivity contribution is 0.464. The fourth-order valence-corrected chi connectivity index (χ4v) is 2.75. The number of hydrogen-bond acceptors (Lipinski definition) is 3. The monoisotopic (exact) mass is 283 g/mol. The SMILES string of the molecule is CC(C)Cn1ncc(NCC2CCCC2)c(Cl)c1=O. The highest BCUT2D eigenvalue weighted by Crippen LogP contribution is 2.25. The van der Waals surface area contributed by atoms with E-state index >= 15 is 0 Å². The second-order valence-corrected chi connectivity index (χ2v) is 6.16. The number of nitrogens with one attached hydrogen (secondary N) is 1. The van der Waals surface area contributed by atoms with Crippen molar-refractivity contribution in [3.63, 3.8) is 0 Å². The summed E-state index contributed by atoms with van der Waals surface area (Å²) in [7, 11) is 0. The summed E-state index contributed by atoms with van der Waals surface area (Å²) < 4.78 is 1.44. The summed E-state index contributed by atoms with van der Waals surface area (Å²) in [5.74, 6) is 1.08. The topological polar surface area (TPSA) is 46.9 Å². The molecule has 0 saturated heterocycles. The summed E-state index contributed by atoms with van der Waals surface area (Å²) in [6, 6.07) is 0. The van der Waals surface area contributed by atoms with Crippen molar-refractivity contribution < 1.29 is 0 Å². The van der Waals surface area contributed by atoms with Gasteiger partial charge in [-0.2, -0.15) is 5.10 Å². The number of halogens is 1. The lowest BCUT2D eigenvalue weighted by Gasteiger charge is -2.14. The third-order valence-corrected chi connectivity index (χ3v) is 3.94. The van der Waals surface area contributed by atoms with Crippen LogP contribution >= 0.6 is 11.6 Å². The third kappa shape index (κ3) is 3.72. The second kappa shape index (κ2) is 6.42. The van der Waals surface area contributed by atoms with Crippen molar-refractivity contribution in [1.29, 1.82) is 0 Å². The van der Waals surface area contributed by atoms with Crippen LogP contribution in [0.5, 0.6) is 0 Å². The van der Waals surface area contributed by atoms with Crippen molar-refractivity contribution >= 4 is 17.3 Å². The van der Waals surface area contributed by atoms with E-state index in [1.807, 2.05) is 13.8 Å². The molecule has 0 bridgehead atoms. The Morgan fingerprint density at radius 3 is 2.79 bits per heavy atom.